The minimum absolute atomic E-state index is 0.000650. The van der Waals surface area contributed by atoms with E-state index in [1.807, 2.05) is 0 Å². The van der Waals surface area contributed by atoms with Gasteiger partial charge in [-0.1, -0.05) is 6.42 Å². The number of nitrogens with zero attached hydrogens (tertiary/aromatic N) is 1. The second-order valence-corrected chi connectivity index (χ2v) is 4.69. The highest BCUT2D eigenvalue weighted by atomic mass is 16.2. The predicted molar refractivity (Wildman–Crippen MR) is 70.0 cm³/mol. The van der Waals surface area contributed by atoms with Crippen molar-refractivity contribution in [3.05, 3.63) is 0 Å². The molecule has 4 N–H and O–H groups in total. The Morgan fingerprint density at radius 1 is 1.28 bits per heavy atom. The number of piperidine rings is 1. The average molecular weight is 256 g/mol. The van der Waals surface area contributed by atoms with Crippen LogP contribution in [0.15, 0.2) is 0 Å². The summed E-state index contributed by atoms with van der Waals surface area (Å²) < 4.78 is 0. The largest absolute Gasteiger partial charge is 0.355 e. The number of likely N-dealkylation sites (tertiary alicyclic amines) is 1. The summed E-state index contributed by atoms with van der Waals surface area (Å²) >= 11 is 0. The molecule has 6 heteroatoms. The average Bonchev–Trinajstić information content (AvgIpc) is 2.35. The highest BCUT2D eigenvalue weighted by molar-refractivity contribution is 5.78. The Bertz CT molecular complexity index is 283. The molecular weight excluding hydrogens is 232 g/mol. The van der Waals surface area contributed by atoms with Crippen molar-refractivity contribution in [3.8, 4) is 0 Å². The van der Waals surface area contributed by atoms with Crippen molar-refractivity contribution in [2.24, 2.45) is 5.73 Å². The van der Waals surface area contributed by atoms with Crippen molar-refractivity contribution < 1.29 is 9.59 Å². The van der Waals surface area contributed by atoms with E-state index in [0.29, 0.717) is 32.2 Å². The second kappa shape index (κ2) is 8.05. The van der Waals surface area contributed by atoms with Crippen LogP contribution in [0.1, 0.15) is 26.2 Å². The van der Waals surface area contributed by atoms with Gasteiger partial charge >= 0.3 is 0 Å². The lowest BCUT2D eigenvalue weighted by molar-refractivity contribution is -0.123. The molecule has 1 aliphatic rings. The number of carbonyl (C=O) groups is 2. The van der Waals surface area contributed by atoms with E-state index < -0.39 is 0 Å². The van der Waals surface area contributed by atoms with Crippen LogP contribution in [0.25, 0.3) is 0 Å². The minimum atomic E-state index is -0.0801. The molecule has 0 aromatic rings. The van der Waals surface area contributed by atoms with Crippen LogP contribution in [0.2, 0.25) is 0 Å². The van der Waals surface area contributed by atoms with Crippen LogP contribution in [-0.2, 0) is 9.59 Å². The molecule has 0 aromatic heterocycles. The normalized spacial score (nSPS) is 20.4. The standard InChI is InChI=1S/C12H24N4O2/c1-10(17)14-5-6-15-12(18)9-16-7-3-2-4-11(16)8-13/h11H,2-9,13H2,1H3,(H,14,17)(H,15,18). The van der Waals surface area contributed by atoms with E-state index in [9.17, 15) is 9.59 Å². The van der Waals surface area contributed by atoms with Gasteiger partial charge in [0.15, 0.2) is 0 Å². The molecule has 1 rings (SSSR count). The summed E-state index contributed by atoms with van der Waals surface area (Å²) in [5.41, 5.74) is 5.70. The van der Waals surface area contributed by atoms with Crippen molar-refractivity contribution in [2.45, 2.75) is 32.2 Å². The number of nitrogens with one attached hydrogen (secondary N) is 2. The quantitative estimate of drug-likeness (QED) is 0.535. The summed E-state index contributed by atoms with van der Waals surface area (Å²) in [6.07, 6.45) is 3.41. The van der Waals surface area contributed by atoms with E-state index in [1.54, 1.807) is 0 Å². The topological polar surface area (TPSA) is 87.5 Å². The van der Waals surface area contributed by atoms with Crippen LogP contribution >= 0.6 is 0 Å². The van der Waals surface area contributed by atoms with E-state index in [1.165, 1.54) is 13.3 Å². The monoisotopic (exact) mass is 256 g/mol. The number of hydrogen-bond donors (Lipinski definition) is 3. The summed E-state index contributed by atoms with van der Waals surface area (Å²) in [5, 5.41) is 5.43. The maximum Gasteiger partial charge on any atom is 0.234 e. The van der Waals surface area contributed by atoms with Crippen LogP contribution in [0.4, 0.5) is 0 Å². The molecule has 1 unspecified atom stereocenters. The van der Waals surface area contributed by atoms with Gasteiger partial charge in [0.25, 0.3) is 0 Å². The van der Waals surface area contributed by atoms with Crippen LogP contribution in [0.5, 0.6) is 0 Å². The van der Waals surface area contributed by atoms with Gasteiger partial charge in [-0.25, -0.2) is 0 Å². The second-order valence-electron chi connectivity index (χ2n) is 4.69. The third kappa shape index (κ3) is 5.46. The summed E-state index contributed by atoms with van der Waals surface area (Å²) in [7, 11) is 0. The van der Waals surface area contributed by atoms with Crippen LogP contribution in [-0.4, -0.2) is 55.5 Å². The highest BCUT2D eigenvalue weighted by Gasteiger charge is 2.22. The Labute approximate surface area is 108 Å². The fourth-order valence-electron chi connectivity index (χ4n) is 2.22. The SMILES string of the molecule is CC(=O)NCCNC(=O)CN1CCCCC1CN. The molecule has 1 atom stereocenters. The maximum atomic E-state index is 11.7. The summed E-state index contributed by atoms with van der Waals surface area (Å²) in [6.45, 7) is 4.37. The van der Waals surface area contributed by atoms with Gasteiger partial charge in [-0.3, -0.25) is 14.5 Å². The van der Waals surface area contributed by atoms with Gasteiger partial charge in [0.2, 0.25) is 11.8 Å². The lowest BCUT2D eigenvalue weighted by Crippen LogP contribution is -2.49. The molecule has 1 fully saturated rings. The Kier molecular flexibility index (Phi) is 6.67. The lowest BCUT2D eigenvalue weighted by Gasteiger charge is -2.34. The van der Waals surface area contributed by atoms with Crippen LogP contribution in [0, 0.1) is 0 Å². The molecule has 0 radical (unpaired) electrons. The van der Waals surface area contributed by atoms with Crippen molar-refractivity contribution in [2.75, 3.05) is 32.7 Å². The Balaban J connectivity index is 2.19. The smallest absolute Gasteiger partial charge is 0.234 e. The van der Waals surface area contributed by atoms with Gasteiger partial charge in [-0.2, -0.15) is 0 Å². The van der Waals surface area contributed by atoms with Gasteiger partial charge < -0.3 is 16.4 Å². The number of carbonyl (C=O) groups excluding carboxylic acids is 2. The van der Waals surface area contributed by atoms with Crippen molar-refractivity contribution >= 4 is 11.8 Å². The van der Waals surface area contributed by atoms with E-state index in [4.69, 9.17) is 5.73 Å². The van der Waals surface area contributed by atoms with E-state index in [0.717, 1.165) is 19.4 Å². The van der Waals surface area contributed by atoms with Crippen molar-refractivity contribution in [1.29, 1.82) is 0 Å². The first-order valence-electron chi connectivity index (χ1n) is 6.58. The molecular formula is C12H24N4O2. The number of amides is 2. The fourth-order valence-corrected chi connectivity index (χ4v) is 2.22. The summed E-state index contributed by atoms with van der Waals surface area (Å²) in [4.78, 5) is 24.5. The molecule has 1 saturated heterocycles. The molecule has 6 nitrogen and oxygen atoms in total. The molecule has 0 spiro atoms. The van der Waals surface area contributed by atoms with Gasteiger partial charge in [0.1, 0.15) is 0 Å². The van der Waals surface area contributed by atoms with Crippen molar-refractivity contribution in [1.82, 2.24) is 15.5 Å². The molecule has 104 valence electrons. The third-order valence-corrected chi connectivity index (χ3v) is 3.19. The highest BCUT2D eigenvalue weighted by Crippen LogP contribution is 2.15. The van der Waals surface area contributed by atoms with E-state index in [2.05, 4.69) is 15.5 Å². The van der Waals surface area contributed by atoms with Gasteiger partial charge in [-0.05, 0) is 19.4 Å². The lowest BCUT2D eigenvalue weighted by atomic mass is 10.0. The number of rotatable bonds is 6. The summed E-state index contributed by atoms with van der Waals surface area (Å²) in [5.74, 6) is -0.0795. The maximum absolute atomic E-state index is 11.7. The Morgan fingerprint density at radius 3 is 2.67 bits per heavy atom. The third-order valence-electron chi connectivity index (χ3n) is 3.19. The van der Waals surface area contributed by atoms with Gasteiger partial charge in [0, 0.05) is 32.6 Å². The molecule has 0 aromatic carbocycles. The Hall–Kier alpha value is -1.14. The molecule has 0 saturated carbocycles. The first-order valence-corrected chi connectivity index (χ1v) is 6.58. The first kappa shape index (κ1) is 14.9. The molecule has 1 heterocycles. The predicted octanol–water partition coefficient (Wildman–Crippen LogP) is -0.948. The van der Waals surface area contributed by atoms with Crippen molar-refractivity contribution in [3.63, 3.8) is 0 Å². The van der Waals surface area contributed by atoms with E-state index in [-0.39, 0.29) is 11.8 Å². The van der Waals surface area contributed by atoms with Crippen LogP contribution < -0.4 is 16.4 Å². The molecule has 0 bridgehead atoms. The molecule has 2 amide bonds. The summed E-state index contributed by atoms with van der Waals surface area (Å²) in [6, 6.07) is 0.333. The molecule has 18 heavy (non-hydrogen) atoms. The zero-order valence-electron chi connectivity index (χ0n) is 11.1. The minimum Gasteiger partial charge on any atom is -0.355 e. The Morgan fingerprint density at radius 2 is 2.00 bits per heavy atom. The van der Waals surface area contributed by atoms with Gasteiger partial charge in [-0.15, -0.1) is 0 Å². The fraction of sp³-hybridized carbons (Fsp3) is 0.833. The molecule has 1 aliphatic heterocycles. The van der Waals surface area contributed by atoms with Crippen LogP contribution in [0.3, 0.4) is 0 Å². The zero-order valence-corrected chi connectivity index (χ0v) is 11.1. The van der Waals surface area contributed by atoms with E-state index >= 15 is 0 Å². The number of hydrogen-bond acceptors (Lipinski definition) is 4. The number of nitrogens with two attached hydrogens (primary N) is 1. The van der Waals surface area contributed by atoms with Gasteiger partial charge in [0.05, 0.1) is 6.54 Å². The first-order chi connectivity index (χ1) is 8.63. The molecule has 0 aliphatic carbocycles. The zero-order chi connectivity index (χ0) is 13.4.